The Labute approximate surface area is 125 Å². The zero-order valence-corrected chi connectivity index (χ0v) is 12.2. The van der Waals surface area contributed by atoms with Gasteiger partial charge < -0.3 is 10.0 Å². The van der Waals surface area contributed by atoms with E-state index in [0.717, 1.165) is 43.4 Å². The minimum absolute atomic E-state index is 0.000126. The van der Waals surface area contributed by atoms with Gasteiger partial charge in [-0.25, -0.2) is 0 Å². The van der Waals surface area contributed by atoms with Crippen LogP contribution in [0.3, 0.4) is 0 Å². The van der Waals surface area contributed by atoms with Crippen molar-refractivity contribution in [1.29, 1.82) is 0 Å². The third-order valence-electron chi connectivity index (χ3n) is 4.63. The molecule has 1 aliphatic heterocycles. The van der Waals surface area contributed by atoms with Gasteiger partial charge in [0.15, 0.2) is 0 Å². The summed E-state index contributed by atoms with van der Waals surface area (Å²) >= 11 is 0. The van der Waals surface area contributed by atoms with Crippen LogP contribution in [0.2, 0.25) is 0 Å². The standard InChI is InChI=1S/C17H21N3O/c21-12-13-11-17(15-3-1-2-4-16(15)18-13)20-9-7-19(8-10-20)14-5-6-14/h1-4,11,14,21H,5-10,12H2. The first-order valence-electron chi connectivity index (χ1n) is 7.83. The lowest BCUT2D eigenvalue weighted by Gasteiger charge is -2.36. The summed E-state index contributed by atoms with van der Waals surface area (Å²) in [6, 6.07) is 11.1. The van der Waals surface area contributed by atoms with Crippen molar-refractivity contribution in [3.05, 3.63) is 36.0 Å². The summed E-state index contributed by atoms with van der Waals surface area (Å²) in [5.74, 6) is 0. The molecule has 4 heteroatoms. The van der Waals surface area contributed by atoms with Crippen molar-refractivity contribution >= 4 is 16.6 Å². The predicted molar refractivity (Wildman–Crippen MR) is 84.5 cm³/mol. The van der Waals surface area contributed by atoms with Gasteiger partial charge in [-0.05, 0) is 25.0 Å². The van der Waals surface area contributed by atoms with Gasteiger partial charge in [0, 0.05) is 43.3 Å². The maximum absolute atomic E-state index is 9.45. The molecule has 0 radical (unpaired) electrons. The van der Waals surface area contributed by atoms with Crippen LogP contribution in [0.4, 0.5) is 5.69 Å². The van der Waals surface area contributed by atoms with Gasteiger partial charge in [-0.3, -0.25) is 9.88 Å². The molecule has 4 rings (SSSR count). The number of aliphatic hydroxyl groups excluding tert-OH is 1. The molecular weight excluding hydrogens is 262 g/mol. The second kappa shape index (κ2) is 5.28. The summed E-state index contributed by atoms with van der Waals surface area (Å²) in [7, 11) is 0. The van der Waals surface area contributed by atoms with Crippen LogP contribution in [0.25, 0.3) is 10.9 Å². The van der Waals surface area contributed by atoms with Crippen LogP contribution in [-0.4, -0.2) is 47.2 Å². The molecule has 0 unspecified atom stereocenters. The summed E-state index contributed by atoms with van der Waals surface area (Å²) in [6.07, 6.45) is 2.76. The third kappa shape index (κ3) is 2.49. The number of rotatable bonds is 3. The molecule has 21 heavy (non-hydrogen) atoms. The van der Waals surface area contributed by atoms with Crippen molar-refractivity contribution in [3.63, 3.8) is 0 Å². The van der Waals surface area contributed by atoms with Crippen molar-refractivity contribution in [3.8, 4) is 0 Å². The van der Waals surface area contributed by atoms with E-state index in [1.165, 1.54) is 23.9 Å². The Hall–Kier alpha value is -1.65. The Morgan fingerprint density at radius 2 is 1.86 bits per heavy atom. The molecule has 2 aliphatic rings. The van der Waals surface area contributed by atoms with Crippen molar-refractivity contribution in [2.75, 3.05) is 31.1 Å². The molecule has 0 atom stereocenters. The van der Waals surface area contributed by atoms with Crippen molar-refractivity contribution in [2.24, 2.45) is 0 Å². The van der Waals surface area contributed by atoms with E-state index < -0.39 is 0 Å². The second-order valence-corrected chi connectivity index (χ2v) is 6.06. The van der Waals surface area contributed by atoms with Gasteiger partial charge in [0.25, 0.3) is 0 Å². The fourth-order valence-electron chi connectivity index (χ4n) is 3.32. The van der Waals surface area contributed by atoms with E-state index in [4.69, 9.17) is 0 Å². The molecule has 1 aromatic heterocycles. The molecule has 0 amide bonds. The number of benzene rings is 1. The highest BCUT2D eigenvalue weighted by molar-refractivity contribution is 5.92. The van der Waals surface area contributed by atoms with Crippen molar-refractivity contribution in [1.82, 2.24) is 9.88 Å². The van der Waals surface area contributed by atoms with Crippen molar-refractivity contribution in [2.45, 2.75) is 25.5 Å². The average molecular weight is 283 g/mol. The highest BCUT2D eigenvalue weighted by Gasteiger charge is 2.31. The maximum atomic E-state index is 9.45. The van der Waals surface area contributed by atoms with E-state index >= 15 is 0 Å². The van der Waals surface area contributed by atoms with Crippen LogP contribution in [0.5, 0.6) is 0 Å². The van der Waals surface area contributed by atoms with Gasteiger partial charge in [-0.15, -0.1) is 0 Å². The fourth-order valence-corrected chi connectivity index (χ4v) is 3.32. The predicted octanol–water partition coefficient (Wildman–Crippen LogP) is 2.01. The van der Waals surface area contributed by atoms with E-state index in [0.29, 0.717) is 0 Å². The van der Waals surface area contributed by atoms with Crippen molar-refractivity contribution < 1.29 is 5.11 Å². The lowest BCUT2D eigenvalue weighted by molar-refractivity contribution is 0.248. The van der Waals surface area contributed by atoms with Gasteiger partial charge in [0.2, 0.25) is 0 Å². The number of anilines is 1. The summed E-state index contributed by atoms with van der Waals surface area (Å²) in [4.78, 5) is 9.58. The molecule has 4 nitrogen and oxygen atoms in total. The monoisotopic (exact) mass is 283 g/mol. The molecule has 2 aromatic rings. The van der Waals surface area contributed by atoms with E-state index in [2.05, 4.69) is 33.0 Å². The Morgan fingerprint density at radius 3 is 2.57 bits per heavy atom. The van der Waals surface area contributed by atoms with Gasteiger partial charge >= 0.3 is 0 Å². The van der Waals surface area contributed by atoms with E-state index in [1.54, 1.807) is 0 Å². The Balaban J connectivity index is 1.65. The number of aliphatic hydroxyl groups is 1. The first kappa shape index (κ1) is 13.0. The molecular formula is C17H21N3O. The van der Waals surface area contributed by atoms with Crippen LogP contribution in [-0.2, 0) is 6.61 Å². The van der Waals surface area contributed by atoms with Crippen LogP contribution >= 0.6 is 0 Å². The summed E-state index contributed by atoms with van der Waals surface area (Å²) in [5, 5.41) is 10.6. The number of pyridine rings is 1. The molecule has 1 N–H and O–H groups in total. The number of nitrogens with zero attached hydrogens (tertiary/aromatic N) is 3. The number of para-hydroxylation sites is 1. The number of fused-ring (bicyclic) bond motifs is 1. The Kier molecular flexibility index (Phi) is 3.28. The summed E-state index contributed by atoms with van der Waals surface area (Å²) in [5.41, 5.74) is 2.96. The minimum Gasteiger partial charge on any atom is -0.390 e. The SMILES string of the molecule is OCc1cc(N2CCN(C3CC3)CC2)c2ccccc2n1. The molecule has 0 spiro atoms. The van der Waals surface area contributed by atoms with Crippen LogP contribution in [0.15, 0.2) is 30.3 Å². The Bertz CT molecular complexity index is 646. The topological polar surface area (TPSA) is 39.6 Å². The average Bonchev–Trinajstić information content (AvgIpc) is 3.39. The van der Waals surface area contributed by atoms with Gasteiger partial charge in [-0.1, -0.05) is 18.2 Å². The number of piperazine rings is 1. The first-order chi connectivity index (χ1) is 10.3. The molecule has 2 fully saturated rings. The number of aromatic nitrogens is 1. The molecule has 1 saturated heterocycles. The quantitative estimate of drug-likeness (QED) is 0.935. The van der Waals surface area contributed by atoms with Crippen LogP contribution in [0, 0.1) is 0 Å². The number of hydrogen-bond donors (Lipinski definition) is 1. The molecule has 1 aromatic carbocycles. The lowest BCUT2D eigenvalue weighted by atomic mass is 10.1. The molecule has 1 saturated carbocycles. The maximum Gasteiger partial charge on any atom is 0.0854 e. The van der Waals surface area contributed by atoms with Gasteiger partial charge in [0.1, 0.15) is 0 Å². The highest BCUT2D eigenvalue weighted by atomic mass is 16.3. The Morgan fingerprint density at radius 1 is 1.10 bits per heavy atom. The van der Waals surface area contributed by atoms with E-state index in [9.17, 15) is 5.11 Å². The first-order valence-corrected chi connectivity index (χ1v) is 7.83. The normalized spacial score (nSPS) is 20.1. The molecule has 2 heterocycles. The highest BCUT2D eigenvalue weighted by Crippen LogP contribution is 2.31. The molecule has 1 aliphatic carbocycles. The van der Waals surface area contributed by atoms with Gasteiger partial charge in [-0.2, -0.15) is 0 Å². The smallest absolute Gasteiger partial charge is 0.0854 e. The third-order valence-corrected chi connectivity index (χ3v) is 4.63. The largest absolute Gasteiger partial charge is 0.390 e. The van der Waals surface area contributed by atoms with Gasteiger partial charge in [0.05, 0.1) is 17.8 Å². The molecule has 110 valence electrons. The van der Waals surface area contributed by atoms with Crippen LogP contribution in [0.1, 0.15) is 18.5 Å². The minimum atomic E-state index is -0.000126. The summed E-state index contributed by atoms with van der Waals surface area (Å²) < 4.78 is 0. The number of hydrogen-bond acceptors (Lipinski definition) is 4. The molecule has 0 bridgehead atoms. The zero-order chi connectivity index (χ0) is 14.2. The lowest BCUT2D eigenvalue weighted by Crippen LogP contribution is -2.47. The second-order valence-electron chi connectivity index (χ2n) is 6.06. The summed E-state index contributed by atoms with van der Waals surface area (Å²) in [6.45, 7) is 4.43. The fraction of sp³-hybridized carbons (Fsp3) is 0.471. The zero-order valence-electron chi connectivity index (χ0n) is 12.2. The van der Waals surface area contributed by atoms with Crippen LogP contribution < -0.4 is 4.90 Å². The van der Waals surface area contributed by atoms with E-state index in [1.807, 2.05) is 12.1 Å². The van der Waals surface area contributed by atoms with E-state index in [-0.39, 0.29) is 6.61 Å².